The van der Waals surface area contributed by atoms with Crippen LogP contribution in [0.4, 0.5) is 10.5 Å². The van der Waals surface area contributed by atoms with E-state index in [1.54, 1.807) is 18.2 Å². The van der Waals surface area contributed by atoms with Crippen molar-refractivity contribution in [1.82, 2.24) is 5.32 Å². The molecule has 1 aromatic carbocycles. The quantitative estimate of drug-likeness (QED) is 0.791. The number of benzene rings is 1. The van der Waals surface area contributed by atoms with E-state index >= 15 is 0 Å². The normalized spacial score (nSPS) is 9.38. The maximum absolute atomic E-state index is 11.0. The third-order valence-electron chi connectivity index (χ3n) is 1.65. The third-order valence-corrected chi connectivity index (χ3v) is 1.90. The van der Waals surface area contributed by atoms with Crippen LogP contribution in [-0.4, -0.2) is 24.9 Å². The van der Waals surface area contributed by atoms with Gasteiger partial charge in [0.1, 0.15) is 11.6 Å². The molecule has 5 nitrogen and oxygen atoms in total. The zero-order valence-corrected chi connectivity index (χ0v) is 9.38. The minimum Gasteiger partial charge on any atom is -0.410 e. The van der Waals surface area contributed by atoms with Crippen molar-refractivity contribution in [2.75, 3.05) is 18.2 Å². The summed E-state index contributed by atoms with van der Waals surface area (Å²) in [5.74, 6) is -0.106. The number of amides is 2. The average Bonchev–Trinajstić information content (AvgIpc) is 2.29. The zero-order valence-electron chi connectivity index (χ0n) is 8.62. The molecule has 1 rings (SSSR count). The fourth-order valence-corrected chi connectivity index (χ4v) is 1.06. The van der Waals surface area contributed by atoms with Crippen LogP contribution in [0.25, 0.3) is 0 Å². The van der Waals surface area contributed by atoms with Gasteiger partial charge in [-0.05, 0) is 12.1 Å². The molecule has 0 aromatic heterocycles. The van der Waals surface area contributed by atoms with E-state index in [0.717, 1.165) is 0 Å². The van der Waals surface area contributed by atoms with Crippen LogP contribution in [0.15, 0.2) is 24.3 Å². The van der Waals surface area contributed by atoms with E-state index in [2.05, 4.69) is 10.6 Å². The first-order valence-corrected chi connectivity index (χ1v) is 5.04. The van der Waals surface area contributed by atoms with Crippen molar-refractivity contribution >= 4 is 29.3 Å². The van der Waals surface area contributed by atoms with Crippen molar-refractivity contribution in [3.8, 4) is 5.75 Å². The molecular formula is C10H11ClN2O3. The fourth-order valence-electron chi connectivity index (χ4n) is 0.990. The Bertz CT molecular complexity index is 362. The van der Waals surface area contributed by atoms with Gasteiger partial charge in [0.2, 0.25) is 5.91 Å². The molecule has 0 unspecified atom stereocenters. The van der Waals surface area contributed by atoms with E-state index < -0.39 is 6.09 Å². The molecule has 0 aliphatic carbocycles. The number of nitrogens with one attached hydrogen (secondary N) is 2. The van der Waals surface area contributed by atoms with Crippen LogP contribution >= 0.6 is 11.6 Å². The molecular weight excluding hydrogens is 232 g/mol. The zero-order chi connectivity index (χ0) is 12.0. The van der Waals surface area contributed by atoms with Gasteiger partial charge in [-0.15, -0.1) is 11.6 Å². The van der Waals surface area contributed by atoms with Crippen LogP contribution in [0.2, 0.25) is 0 Å². The number of carbonyl (C=O) groups excluding carboxylic acids is 2. The molecule has 0 aliphatic heterocycles. The first-order chi connectivity index (χ1) is 7.65. The Hall–Kier alpha value is -1.75. The monoisotopic (exact) mass is 242 g/mol. The van der Waals surface area contributed by atoms with E-state index in [-0.39, 0.29) is 11.8 Å². The number of halogens is 1. The van der Waals surface area contributed by atoms with E-state index in [0.29, 0.717) is 11.4 Å². The van der Waals surface area contributed by atoms with Gasteiger partial charge in [-0.1, -0.05) is 6.07 Å². The molecule has 16 heavy (non-hydrogen) atoms. The number of hydrogen-bond donors (Lipinski definition) is 2. The summed E-state index contributed by atoms with van der Waals surface area (Å²) in [6, 6.07) is 6.45. The number of anilines is 1. The van der Waals surface area contributed by atoms with Gasteiger partial charge >= 0.3 is 6.09 Å². The van der Waals surface area contributed by atoms with Crippen LogP contribution < -0.4 is 15.4 Å². The summed E-state index contributed by atoms with van der Waals surface area (Å²) in [4.78, 5) is 21.9. The number of carbonyl (C=O) groups is 2. The molecule has 86 valence electrons. The Morgan fingerprint density at radius 3 is 2.81 bits per heavy atom. The van der Waals surface area contributed by atoms with Gasteiger partial charge in [0.05, 0.1) is 0 Å². The predicted octanol–water partition coefficient (Wildman–Crippen LogP) is 1.58. The van der Waals surface area contributed by atoms with Crippen molar-refractivity contribution in [2.45, 2.75) is 0 Å². The van der Waals surface area contributed by atoms with Crippen LogP contribution in [-0.2, 0) is 4.79 Å². The number of rotatable bonds is 3. The second kappa shape index (κ2) is 5.97. The molecule has 0 spiro atoms. The Balaban J connectivity index is 2.71. The molecule has 2 amide bonds. The molecule has 0 heterocycles. The standard InChI is InChI=1S/C10H11ClN2O3/c1-12-10(15)16-8-4-2-3-7(5-8)13-9(14)6-11/h2-5H,6H2,1H3,(H,12,15)(H,13,14). The van der Waals surface area contributed by atoms with Gasteiger partial charge < -0.3 is 15.4 Å². The summed E-state index contributed by atoms with van der Waals surface area (Å²) in [5, 5.41) is 4.86. The smallest absolute Gasteiger partial charge is 0.410 e. The van der Waals surface area contributed by atoms with Gasteiger partial charge in [0.25, 0.3) is 0 Å². The van der Waals surface area contributed by atoms with E-state index in [4.69, 9.17) is 16.3 Å². The van der Waals surface area contributed by atoms with Gasteiger partial charge in [-0.2, -0.15) is 0 Å². The van der Waals surface area contributed by atoms with E-state index in [1.807, 2.05) is 0 Å². The number of alkyl halides is 1. The molecule has 0 atom stereocenters. The molecule has 0 saturated heterocycles. The molecule has 1 aromatic rings. The highest BCUT2D eigenvalue weighted by atomic mass is 35.5. The second-order valence-corrected chi connectivity index (χ2v) is 3.12. The first kappa shape index (κ1) is 12.3. The molecule has 0 radical (unpaired) electrons. The lowest BCUT2D eigenvalue weighted by Crippen LogP contribution is -2.22. The lowest BCUT2D eigenvalue weighted by Gasteiger charge is -2.06. The SMILES string of the molecule is CNC(=O)Oc1cccc(NC(=O)CCl)c1. The maximum atomic E-state index is 11.0. The minimum atomic E-state index is -0.569. The summed E-state index contributed by atoms with van der Waals surface area (Å²) in [6.45, 7) is 0. The highest BCUT2D eigenvalue weighted by Crippen LogP contribution is 2.17. The molecule has 0 bridgehead atoms. The fraction of sp³-hybridized carbons (Fsp3) is 0.200. The topological polar surface area (TPSA) is 67.4 Å². The molecule has 2 N–H and O–H groups in total. The average molecular weight is 243 g/mol. The Kier molecular flexibility index (Phi) is 4.60. The van der Waals surface area contributed by atoms with Gasteiger partial charge in [-0.25, -0.2) is 4.79 Å². The third kappa shape index (κ3) is 3.78. The molecule has 0 saturated carbocycles. The number of ether oxygens (including phenoxy) is 1. The van der Waals surface area contributed by atoms with Crippen LogP contribution in [0.5, 0.6) is 5.75 Å². The minimum absolute atomic E-state index is 0.124. The second-order valence-electron chi connectivity index (χ2n) is 2.85. The summed E-state index contributed by atoms with van der Waals surface area (Å²) < 4.78 is 4.89. The van der Waals surface area contributed by atoms with Crippen molar-refractivity contribution in [3.63, 3.8) is 0 Å². The lowest BCUT2D eigenvalue weighted by atomic mass is 10.3. The maximum Gasteiger partial charge on any atom is 0.412 e. The van der Waals surface area contributed by atoms with Crippen molar-refractivity contribution < 1.29 is 14.3 Å². The van der Waals surface area contributed by atoms with Crippen molar-refractivity contribution in [1.29, 1.82) is 0 Å². The first-order valence-electron chi connectivity index (χ1n) is 4.51. The highest BCUT2D eigenvalue weighted by molar-refractivity contribution is 6.29. The number of hydrogen-bond acceptors (Lipinski definition) is 3. The molecule has 0 fully saturated rings. The summed E-state index contributed by atoms with van der Waals surface area (Å²) in [5.41, 5.74) is 0.520. The van der Waals surface area contributed by atoms with E-state index in [1.165, 1.54) is 13.1 Å². The largest absolute Gasteiger partial charge is 0.412 e. The van der Waals surface area contributed by atoms with Crippen LogP contribution in [0.3, 0.4) is 0 Å². The molecule has 0 aliphatic rings. The van der Waals surface area contributed by atoms with Crippen LogP contribution in [0.1, 0.15) is 0 Å². The van der Waals surface area contributed by atoms with E-state index in [9.17, 15) is 9.59 Å². The molecule has 6 heteroatoms. The highest BCUT2D eigenvalue weighted by Gasteiger charge is 2.04. The van der Waals surface area contributed by atoms with Crippen molar-refractivity contribution in [3.05, 3.63) is 24.3 Å². The Labute approximate surface area is 97.7 Å². The van der Waals surface area contributed by atoms with Crippen molar-refractivity contribution in [2.24, 2.45) is 0 Å². The Morgan fingerprint density at radius 2 is 2.19 bits per heavy atom. The predicted molar refractivity (Wildman–Crippen MR) is 60.9 cm³/mol. The van der Waals surface area contributed by atoms with Crippen LogP contribution in [0, 0.1) is 0 Å². The Morgan fingerprint density at radius 1 is 1.44 bits per heavy atom. The summed E-state index contributed by atoms with van der Waals surface area (Å²) in [7, 11) is 1.46. The van der Waals surface area contributed by atoms with Gasteiger partial charge in [0.15, 0.2) is 0 Å². The lowest BCUT2D eigenvalue weighted by molar-refractivity contribution is -0.113. The van der Waals surface area contributed by atoms with Gasteiger partial charge in [0, 0.05) is 18.8 Å². The summed E-state index contributed by atoms with van der Waals surface area (Å²) in [6.07, 6.45) is -0.569. The summed E-state index contributed by atoms with van der Waals surface area (Å²) >= 11 is 5.34. The van der Waals surface area contributed by atoms with Gasteiger partial charge in [-0.3, -0.25) is 4.79 Å².